The van der Waals surface area contributed by atoms with E-state index < -0.39 is 0 Å². The Morgan fingerprint density at radius 1 is 0.432 bits per heavy atom. The van der Waals surface area contributed by atoms with E-state index in [1.807, 2.05) is 103 Å². The molecule has 0 aliphatic rings. The first-order valence-electron chi connectivity index (χ1n) is 14.5. The van der Waals surface area contributed by atoms with E-state index in [0.717, 1.165) is 64.6 Å². The van der Waals surface area contributed by atoms with E-state index in [-0.39, 0.29) is 11.5 Å². The molecule has 44 heavy (non-hydrogen) atoms. The summed E-state index contributed by atoms with van der Waals surface area (Å²) in [4.78, 5) is 0. The van der Waals surface area contributed by atoms with Gasteiger partial charge in [-0.15, -0.1) is 0 Å². The third kappa shape index (κ3) is 4.63. The molecule has 0 spiro atoms. The number of nitrogens with zero attached hydrogens (tertiary/aromatic N) is 1. The van der Waals surface area contributed by atoms with Crippen LogP contribution < -0.4 is 4.73 Å². The third-order valence-electron chi connectivity index (χ3n) is 8.26. The van der Waals surface area contributed by atoms with Crippen LogP contribution in [0.4, 0.5) is 0 Å². The lowest BCUT2D eigenvalue weighted by Gasteiger charge is -2.14. The molecule has 0 bridgehead atoms. The molecule has 8 aromatic rings. The molecule has 0 saturated heterocycles. The van der Waals surface area contributed by atoms with Crippen LogP contribution in [0.5, 0.6) is 11.5 Å². The summed E-state index contributed by atoms with van der Waals surface area (Å²) in [7, 11) is 0. The van der Waals surface area contributed by atoms with E-state index in [1.54, 1.807) is 18.3 Å². The van der Waals surface area contributed by atoms with Gasteiger partial charge in [0.1, 0.15) is 11.5 Å². The number of pyridine rings is 1. The molecule has 0 saturated carbocycles. The van der Waals surface area contributed by atoms with Crippen molar-refractivity contribution < 1.29 is 14.9 Å². The lowest BCUT2D eigenvalue weighted by atomic mass is 9.92. The number of hydrogen-bond donors (Lipinski definition) is 2. The van der Waals surface area contributed by atoms with Gasteiger partial charge in [0, 0.05) is 17.2 Å². The van der Waals surface area contributed by atoms with E-state index in [0.29, 0.717) is 11.1 Å². The Hall–Kier alpha value is -5.87. The fourth-order valence-corrected chi connectivity index (χ4v) is 6.18. The Morgan fingerprint density at radius 2 is 0.818 bits per heavy atom. The first-order valence-corrected chi connectivity index (χ1v) is 14.5. The molecule has 1 heterocycles. The summed E-state index contributed by atoms with van der Waals surface area (Å²) in [6.45, 7) is 2.06. The highest BCUT2D eigenvalue weighted by Crippen LogP contribution is 2.44. The van der Waals surface area contributed by atoms with Crippen LogP contribution in [0.3, 0.4) is 0 Å². The highest BCUT2D eigenvalue weighted by Gasteiger charge is 2.19. The maximum Gasteiger partial charge on any atom is 0.232 e. The Kier molecular flexibility index (Phi) is 6.80. The third-order valence-corrected chi connectivity index (χ3v) is 8.26. The van der Waals surface area contributed by atoms with Gasteiger partial charge in [0.2, 0.25) is 5.69 Å². The maximum absolute atomic E-state index is 12.5. The molecule has 4 heteroatoms. The quantitative estimate of drug-likeness (QED) is 0.160. The van der Waals surface area contributed by atoms with Crippen molar-refractivity contribution in [3.05, 3.63) is 156 Å². The molecule has 0 atom stereocenters. The summed E-state index contributed by atoms with van der Waals surface area (Å²) in [5.74, 6) is 0.343. The predicted octanol–water partition coefficient (Wildman–Crippen LogP) is 9.67. The van der Waals surface area contributed by atoms with Crippen LogP contribution >= 0.6 is 0 Å². The SMILES string of the molecule is Cc1ccc2ccccc2c1-c1c2ccccc2cc[n+]1[O-].Oc1ccc2ccccc2c1-c1c(O)ccc2ccccc12. The summed E-state index contributed by atoms with van der Waals surface area (Å²) in [5.41, 5.74) is 4.21. The summed E-state index contributed by atoms with van der Waals surface area (Å²) in [5, 5.41) is 41.7. The minimum atomic E-state index is 0.172. The van der Waals surface area contributed by atoms with Crippen LogP contribution in [0.2, 0.25) is 0 Å². The smallest absolute Gasteiger partial charge is 0.232 e. The second-order valence-electron chi connectivity index (χ2n) is 10.9. The monoisotopic (exact) mass is 571 g/mol. The largest absolute Gasteiger partial charge is 0.618 e. The van der Waals surface area contributed by atoms with Crippen molar-refractivity contribution in [1.29, 1.82) is 0 Å². The summed E-state index contributed by atoms with van der Waals surface area (Å²) in [6, 6.07) is 45.2. The van der Waals surface area contributed by atoms with Gasteiger partial charge < -0.3 is 15.4 Å². The van der Waals surface area contributed by atoms with Gasteiger partial charge in [-0.1, -0.05) is 115 Å². The number of benzene rings is 7. The van der Waals surface area contributed by atoms with Crippen molar-refractivity contribution in [2.45, 2.75) is 6.92 Å². The highest BCUT2D eigenvalue weighted by molar-refractivity contribution is 6.09. The molecular weight excluding hydrogens is 542 g/mol. The molecule has 4 nitrogen and oxygen atoms in total. The molecule has 8 rings (SSSR count). The van der Waals surface area contributed by atoms with E-state index in [2.05, 4.69) is 31.2 Å². The standard InChI is InChI=1S/C20H15NO.C20H14O2/c1-14-10-11-15-6-2-4-8-17(15)19(14)20-18-9-5-3-7-16(18)12-13-21(20)22;21-17-11-9-13-5-1-3-7-15(13)19(17)20-16-8-4-2-6-14(16)10-12-18(20)22/h2-13H,1H3;1-12,21-22H. The molecule has 0 aliphatic heterocycles. The lowest BCUT2D eigenvalue weighted by molar-refractivity contribution is -0.592. The van der Waals surface area contributed by atoms with E-state index in [4.69, 9.17) is 0 Å². The number of fused-ring (bicyclic) bond motifs is 4. The second-order valence-corrected chi connectivity index (χ2v) is 10.9. The van der Waals surface area contributed by atoms with Gasteiger partial charge in [-0.05, 0) is 68.4 Å². The van der Waals surface area contributed by atoms with E-state index >= 15 is 0 Å². The molecule has 1 aromatic heterocycles. The van der Waals surface area contributed by atoms with Crippen molar-refractivity contribution in [2.75, 3.05) is 0 Å². The van der Waals surface area contributed by atoms with Crippen molar-refractivity contribution in [1.82, 2.24) is 0 Å². The molecular formula is C40H29NO3. The molecule has 212 valence electrons. The first kappa shape index (κ1) is 27.0. The fraction of sp³-hybridized carbons (Fsp3) is 0.0250. The van der Waals surface area contributed by atoms with Gasteiger partial charge in [-0.3, -0.25) is 0 Å². The minimum Gasteiger partial charge on any atom is -0.618 e. The number of aromatic nitrogens is 1. The Labute approximate surface area is 254 Å². The van der Waals surface area contributed by atoms with Gasteiger partial charge in [0.15, 0.2) is 6.20 Å². The maximum atomic E-state index is 12.5. The number of phenols is 2. The Balaban J connectivity index is 0.000000142. The molecule has 2 N–H and O–H groups in total. The lowest BCUT2D eigenvalue weighted by Crippen LogP contribution is -2.28. The highest BCUT2D eigenvalue weighted by atomic mass is 16.5. The average Bonchev–Trinajstić information content (AvgIpc) is 3.06. The zero-order valence-electron chi connectivity index (χ0n) is 24.1. The van der Waals surface area contributed by atoms with Crippen LogP contribution in [-0.2, 0) is 0 Å². The van der Waals surface area contributed by atoms with Gasteiger partial charge in [0.05, 0.1) is 10.9 Å². The van der Waals surface area contributed by atoms with E-state index in [1.165, 1.54) is 0 Å². The number of phenolic OH excluding ortho intramolecular Hbond substituents is 2. The van der Waals surface area contributed by atoms with Crippen LogP contribution in [-0.4, -0.2) is 10.2 Å². The molecule has 0 aliphatic carbocycles. The molecule has 0 unspecified atom stereocenters. The predicted molar refractivity (Wildman–Crippen MR) is 181 cm³/mol. The first-order chi connectivity index (χ1) is 21.5. The number of aromatic hydroxyl groups is 2. The Bertz CT molecular complexity index is 2010. The van der Waals surface area contributed by atoms with Crippen molar-refractivity contribution in [3.8, 4) is 33.9 Å². The summed E-state index contributed by atoms with van der Waals surface area (Å²) < 4.78 is 0.983. The zero-order valence-corrected chi connectivity index (χ0v) is 24.1. The average molecular weight is 572 g/mol. The van der Waals surface area contributed by atoms with Gasteiger partial charge in [-0.25, -0.2) is 0 Å². The normalized spacial score (nSPS) is 11.1. The fourth-order valence-electron chi connectivity index (χ4n) is 6.18. The van der Waals surface area contributed by atoms with Crippen LogP contribution in [0.25, 0.3) is 65.5 Å². The second kappa shape index (κ2) is 11.1. The summed E-state index contributed by atoms with van der Waals surface area (Å²) in [6.07, 6.45) is 1.60. The molecule has 0 amide bonds. The van der Waals surface area contributed by atoms with Crippen LogP contribution in [0.15, 0.2) is 146 Å². The van der Waals surface area contributed by atoms with Crippen molar-refractivity contribution in [3.63, 3.8) is 0 Å². The van der Waals surface area contributed by atoms with Crippen molar-refractivity contribution >= 4 is 43.1 Å². The zero-order chi connectivity index (χ0) is 30.2. The number of rotatable bonds is 2. The van der Waals surface area contributed by atoms with E-state index in [9.17, 15) is 15.4 Å². The van der Waals surface area contributed by atoms with Crippen LogP contribution in [0.1, 0.15) is 5.56 Å². The topological polar surface area (TPSA) is 67.4 Å². The van der Waals surface area contributed by atoms with Crippen LogP contribution in [0, 0.1) is 12.1 Å². The molecule has 7 aromatic carbocycles. The molecule has 0 fully saturated rings. The Morgan fingerprint density at radius 3 is 1.32 bits per heavy atom. The van der Waals surface area contributed by atoms with Crippen molar-refractivity contribution in [2.24, 2.45) is 0 Å². The van der Waals surface area contributed by atoms with Gasteiger partial charge in [0.25, 0.3) is 0 Å². The number of aryl methyl sites for hydroxylation is 1. The van der Waals surface area contributed by atoms with Gasteiger partial charge in [-0.2, -0.15) is 4.73 Å². The summed E-state index contributed by atoms with van der Waals surface area (Å²) >= 11 is 0. The minimum absolute atomic E-state index is 0.172. The number of hydrogen-bond acceptors (Lipinski definition) is 3. The van der Waals surface area contributed by atoms with Gasteiger partial charge >= 0.3 is 0 Å². The molecule has 0 radical (unpaired) electrons.